The predicted molar refractivity (Wildman–Crippen MR) is 71.6 cm³/mol. The summed E-state index contributed by atoms with van der Waals surface area (Å²) in [5, 5.41) is 0. The highest BCUT2D eigenvalue weighted by atomic mass is 16.6. The Kier molecular flexibility index (Phi) is 3.87. The zero-order valence-corrected chi connectivity index (χ0v) is 11.0. The summed E-state index contributed by atoms with van der Waals surface area (Å²) in [6.07, 6.45) is 0. The topological polar surface area (TPSA) is 57.0 Å². The van der Waals surface area contributed by atoms with Crippen LogP contribution >= 0.6 is 0 Å². The minimum absolute atomic E-state index is 0.167. The van der Waals surface area contributed by atoms with Crippen LogP contribution in [0.15, 0.2) is 18.2 Å². The summed E-state index contributed by atoms with van der Waals surface area (Å²) in [6, 6.07) is 6.21. The summed E-state index contributed by atoms with van der Waals surface area (Å²) < 4.78 is 16.8. The van der Waals surface area contributed by atoms with Gasteiger partial charge in [0.05, 0.1) is 19.3 Å². The van der Waals surface area contributed by atoms with Gasteiger partial charge in [-0.25, -0.2) is 0 Å². The number of para-hydroxylation sites is 1. The second-order valence-corrected chi connectivity index (χ2v) is 4.77. The summed E-state index contributed by atoms with van der Waals surface area (Å²) in [4.78, 5) is 2.36. The maximum atomic E-state index is 5.99. The van der Waals surface area contributed by atoms with Crippen LogP contribution in [0, 0.1) is 0 Å². The van der Waals surface area contributed by atoms with Gasteiger partial charge in [0.2, 0.25) is 0 Å². The van der Waals surface area contributed by atoms with Crippen molar-refractivity contribution in [1.29, 1.82) is 0 Å². The minimum Gasteiger partial charge on any atom is -0.486 e. The molecule has 0 amide bonds. The second-order valence-electron chi connectivity index (χ2n) is 4.77. The van der Waals surface area contributed by atoms with Gasteiger partial charge in [-0.15, -0.1) is 0 Å². The Hall–Kier alpha value is -1.30. The first-order chi connectivity index (χ1) is 9.40. The zero-order chi connectivity index (χ0) is 13.1. The fraction of sp³-hybridized carbons (Fsp3) is 0.571. The SMILES string of the molecule is NCC(c1cccc2c1OCCO2)N1CCOCC1. The molecule has 1 aromatic carbocycles. The van der Waals surface area contributed by atoms with E-state index in [-0.39, 0.29) is 6.04 Å². The summed E-state index contributed by atoms with van der Waals surface area (Å²) in [6.45, 7) is 5.13. The molecule has 2 N–H and O–H groups in total. The molecule has 3 rings (SSSR count). The van der Waals surface area contributed by atoms with E-state index in [1.807, 2.05) is 12.1 Å². The van der Waals surface area contributed by atoms with Crippen LogP contribution < -0.4 is 15.2 Å². The van der Waals surface area contributed by atoms with E-state index in [0.29, 0.717) is 19.8 Å². The van der Waals surface area contributed by atoms with Gasteiger partial charge in [-0.1, -0.05) is 12.1 Å². The molecule has 1 aromatic rings. The quantitative estimate of drug-likeness (QED) is 0.874. The number of rotatable bonds is 3. The van der Waals surface area contributed by atoms with E-state index in [9.17, 15) is 0 Å². The van der Waals surface area contributed by atoms with Gasteiger partial charge < -0.3 is 19.9 Å². The van der Waals surface area contributed by atoms with E-state index >= 15 is 0 Å². The molecule has 2 heterocycles. The highest BCUT2D eigenvalue weighted by molar-refractivity contribution is 5.49. The monoisotopic (exact) mass is 264 g/mol. The van der Waals surface area contributed by atoms with Gasteiger partial charge >= 0.3 is 0 Å². The van der Waals surface area contributed by atoms with E-state index in [4.69, 9.17) is 19.9 Å². The molecule has 2 aliphatic heterocycles. The van der Waals surface area contributed by atoms with Crippen LogP contribution in [-0.4, -0.2) is 51.0 Å². The lowest BCUT2D eigenvalue weighted by Gasteiger charge is -2.35. The smallest absolute Gasteiger partial charge is 0.166 e. The highest BCUT2D eigenvalue weighted by Crippen LogP contribution is 2.38. The maximum Gasteiger partial charge on any atom is 0.166 e. The number of nitrogens with two attached hydrogens (primary N) is 1. The Labute approximate surface area is 113 Å². The average Bonchev–Trinajstić information content (AvgIpc) is 2.49. The minimum atomic E-state index is 0.167. The number of hydrogen-bond donors (Lipinski definition) is 1. The van der Waals surface area contributed by atoms with Crippen LogP contribution in [0.2, 0.25) is 0 Å². The Balaban J connectivity index is 1.90. The van der Waals surface area contributed by atoms with Crippen molar-refractivity contribution in [3.63, 3.8) is 0 Å². The van der Waals surface area contributed by atoms with Crippen LogP contribution in [0.1, 0.15) is 11.6 Å². The van der Waals surface area contributed by atoms with Crippen molar-refractivity contribution in [1.82, 2.24) is 4.90 Å². The van der Waals surface area contributed by atoms with Crippen molar-refractivity contribution in [2.75, 3.05) is 46.1 Å². The number of ether oxygens (including phenoxy) is 3. The largest absolute Gasteiger partial charge is 0.486 e. The Morgan fingerprint density at radius 2 is 1.89 bits per heavy atom. The maximum absolute atomic E-state index is 5.99. The lowest BCUT2D eigenvalue weighted by atomic mass is 10.0. The molecule has 104 valence electrons. The van der Waals surface area contributed by atoms with Crippen LogP contribution in [-0.2, 0) is 4.74 Å². The van der Waals surface area contributed by atoms with Gasteiger partial charge in [-0.3, -0.25) is 4.90 Å². The molecule has 1 atom stereocenters. The van der Waals surface area contributed by atoms with Crippen molar-refractivity contribution in [3.8, 4) is 11.5 Å². The molecule has 19 heavy (non-hydrogen) atoms. The van der Waals surface area contributed by atoms with Gasteiger partial charge in [0.15, 0.2) is 11.5 Å². The van der Waals surface area contributed by atoms with E-state index in [1.54, 1.807) is 0 Å². The van der Waals surface area contributed by atoms with Crippen LogP contribution in [0.3, 0.4) is 0 Å². The molecule has 1 saturated heterocycles. The number of morpholine rings is 1. The number of benzene rings is 1. The van der Waals surface area contributed by atoms with Crippen LogP contribution in [0.5, 0.6) is 11.5 Å². The summed E-state index contributed by atoms with van der Waals surface area (Å²) in [7, 11) is 0. The van der Waals surface area contributed by atoms with E-state index in [1.165, 1.54) is 0 Å². The van der Waals surface area contributed by atoms with Crippen molar-refractivity contribution in [2.24, 2.45) is 5.73 Å². The van der Waals surface area contributed by atoms with E-state index in [2.05, 4.69) is 11.0 Å². The zero-order valence-electron chi connectivity index (χ0n) is 11.0. The highest BCUT2D eigenvalue weighted by Gasteiger charge is 2.26. The molecule has 2 aliphatic rings. The van der Waals surface area contributed by atoms with Crippen LogP contribution in [0.4, 0.5) is 0 Å². The summed E-state index contributed by atoms with van der Waals surface area (Å²) in [5.74, 6) is 1.69. The lowest BCUT2D eigenvalue weighted by molar-refractivity contribution is 0.0169. The van der Waals surface area contributed by atoms with Gasteiger partial charge in [-0.2, -0.15) is 0 Å². The molecular weight excluding hydrogens is 244 g/mol. The molecule has 5 heteroatoms. The normalized spacial score (nSPS) is 21.1. The molecule has 0 bridgehead atoms. The molecule has 0 aliphatic carbocycles. The van der Waals surface area contributed by atoms with Crippen molar-refractivity contribution in [3.05, 3.63) is 23.8 Å². The predicted octanol–water partition coefficient (Wildman–Crippen LogP) is 0.790. The van der Waals surface area contributed by atoms with Gasteiger partial charge in [0, 0.05) is 25.2 Å². The molecular formula is C14H20N2O3. The number of hydrogen-bond acceptors (Lipinski definition) is 5. The second kappa shape index (κ2) is 5.77. The fourth-order valence-electron chi connectivity index (χ4n) is 2.72. The third kappa shape index (κ3) is 2.54. The Morgan fingerprint density at radius 1 is 1.11 bits per heavy atom. The lowest BCUT2D eigenvalue weighted by Crippen LogP contribution is -2.42. The van der Waals surface area contributed by atoms with Gasteiger partial charge in [0.1, 0.15) is 13.2 Å². The molecule has 1 unspecified atom stereocenters. The average molecular weight is 264 g/mol. The first kappa shape index (κ1) is 12.7. The van der Waals surface area contributed by atoms with Gasteiger partial charge in [0.25, 0.3) is 0 Å². The molecule has 0 spiro atoms. The summed E-state index contributed by atoms with van der Waals surface area (Å²) >= 11 is 0. The number of nitrogens with zero attached hydrogens (tertiary/aromatic N) is 1. The Bertz CT molecular complexity index is 433. The molecule has 5 nitrogen and oxygen atoms in total. The molecule has 1 fully saturated rings. The standard InChI is InChI=1S/C14H20N2O3/c15-10-12(16-4-6-17-7-5-16)11-2-1-3-13-14(11)19-9-8-18-13/h1-3,12H,4-10,15H2. The molecule has 0 saturated carbocycles. The molecule has 0 aromatic heterocycles. The van der Waals surface area contributed by atoms with Gasteiger partial charge in [-0.05, 0) is 6.07 Å². The van der Waals surface area contributed by atoms with Crippen molar-refractivity contribution in [2.45, 2.75) is 6.04 Å². The first-order valence-electron chi connectivity index (χ1n) is 6.80. The molecule has 0 radical (unpaired) electrons. The third-order valence-corrected chi connectivity index (χ3v) is 3.67. The Morgan fingerprint density at radius 3 is 2.68 bits per heavy atom. The summed E-state index contributed by atoms with van der Waals surface area (Å²) in [5.41, 5.74) is 7.12. The fourth-order valence-corrected chi connectivity index (χ4v) is 2.72. The number of fused-ring (bicyclic) bond motifs is 1. The van der Waals surface area contributed by atoms with Crippen molar-refractivity contribution >= 4 is 0 Å². The van der Waals surface area contributed by atoms with E-state index in [0.717, 1.165) is 43.4 Å². The van der Waals surface area contributed by atoms with Crippen LogP contribution in [0.25, 0.3) is 0 Å². The first-order valence-corrected chi connectivity index (χ1v) is 6.80. The third-order valence-electron chi connectivity index (χ3n) is 3.67. The van der Waals surface area contributed by atoms with E-state index < -0.39 is 0 Å². The van der Waals surface area contributed by atoms with Crippen molar-refractivity contribution < 1.29 is 14.2 Å².